The number of nitrogens with one attached hydrogen (secondary N) is 1. The molecule has 1 atom stereocenters. The van der Waals surface area contributed by atoms with Crippen LogP contribution in [-0.4, -0.2) is 43.7 Å². The largest absolute Gasteiger partial charge is 0.489 e. The molecular weight excluding hydrogens is 420 g/mol. The average Bonchev–Trinajstić information content (AvgIpc) is 3.38. The van der Waals surface area contributed by atoms with Gasteiger partial charge in [0.15, 0.2) is 0 Å². The van der Waals surface area contributed by atoms with Crippen LogP contribution in [0, 0.1) is 0 Å². The van der Waals surface area contributed by atoms with Gasteiger partial charge < -0.3 is 14.8 Å². The summed E-state index contributed by atoms with van der Waals surface area (Å²) in [5, 5.41) is 5.14. The van der Waals surface area contributed by atoms with E-state index in [-0.39, 0.29) is 11.9 Å². The van der Waals surface area contributed by atoms with Crippen LogP contribution in [0.5, 0.6) is 5.75 Å². The summed E-state index contributed by atoms with van der Waals surface area (Å²) >= 11 is 1.73. The number of nitrogens with zero attached hydrogens (tertiary/aromatic N) is 1. The maximum Gasteiger partial charge on any atom is 0.244 e. The number of carbonyl (C=O) groups excluding carboxylic acids is 1. The number of hydrogen-bond acceptors (Lipinski definition) is 5. The molecule has 2 aromatic carbocycles. The Hall–Kier alpha value is -2.93. The number of ether oxygens (including phenoxy) is 2. The standard InChI is InChI=1S/C26H28N2O3S/c29-26(27-19-24(25-7-4-18-32-25)28-14-16-30-17-15-28)13-10-21-8-11-23(12-9-21)31-20-22-5-2-1-3-6-22/h1-13,18,24H,14-17,19-20H2,(H,27,29). The molecule has 0 aliphatic carbocycles. The van der Waals surface area contributed by atoms with Crippen LogP contribution >= 0.6 is 11.3 Å². The Morgan fingerprint density at radius 2 is 1.84 bits per heavy atom. The highest BCUT2D eigenvalue weighted by Crippen LogP contribution is 2.25. The summed E-state index contributed by atoms with van der Waals surface area (Å²) < 4.78 is 11.3. The summed E-state index contributed by atoms with van der Waals surface area (Å²) in [7, 11) is 0. The minimum absolute atomic E-state index is 0.0933. The molecule has 6 heteroatoms. The Morgan fingerprint density at radius 3 is 2.56 bits per heavy atom. The van der Waals surface area contributed by atoms with Gasteiger partial charge >= 0.3 is 0 Å². The highest BCUT2D eigenvalue weighted by molar-refractivity contribution is 7.10. The van der Waals surface area contributed by atoms with Gasteiger partial charge in [0.1, 0.15) is 12.4 Å². The van der Waals surface area contributed by atoms with Crippen LogP contribution in [0.4, 0.5) is 0 Å². The van der Waals surface area contributed by atoms with Gasteiger partial charge in [0.05, 0.1) is 19.3 Å². The van der Waals surface area contributed by atoms with Crippen LogP contribution in [0.25, 0.3) is 6.08 Å². The summed E-state index contributed by atoms with van der Waals surface area (Å²) in [6, 6.07) is 22.2. The molecular formula is C26H28N2O3S. The molecule has 4 rings (SSSR count). The average molecular weight is 449 g/mol. The van der Waals surface area contributed by atoms with Crippen molar-refractivity contribution in [3.05, 3.63) is 94.2 Å². The van der Waals surface area contributed by atoms with E-state index in [1.807, 2.05) is 60.7 Å². The molecule has 1 fully saturated rings. The molecule has 1 aliphatic heterocycles. The van der Waals surface area contributed by atoms with Crippen LogP contribution in [0.2, 0.25) is 0 Å². The summed E-state index contributed by atoms with van der Waals surface area (Å²) in [6.45, 7) is 4.35. The van der Waals surface area contributed by atoms with Gasteiger partial charge in [-0.2, -0.15) is 0 Å². The molecule has 5 nitrogen and oxygen atoms in total. The zero-order valence-electron chi connectivity index (χ0n) is 18.0. The minimum atomic E-state index is -0.0933. The smallest absolute Gasteiger partial charge is 0.244 e. The molecule has 1 unspecified atom stereocenters. The number of rotatable bonds is 9. The Balaban J connectivity index is 1.27. The molecule has 1 aromatic heterocycles. The second-order valence-electron chi connectivity index (χ2n) is 7.60. The van der Waals surface area contributed by atoms with E-state index in [0.29, 0.717) is 13.2 Å². The van der Waals surface area contributed by atoms with E-state index in [1.54, 1.807) is 17.4 Å². The summed E-state index contributed by atoms with van der Waals surface area (Å²) in [4.78, 5) is 16.1. The highest BCUT2D eigenvalue weighted by atomic mass is 32.1. The summed E-state index contributed by atoms with van der Waals surface area (Å²) in [6.07, 6.45) is 3.41. The molecule has 0 saturated carbocycles. The van der Waals surface area contributed by atoms with Crippen molar-refractivity contribution in [3.63, 3.8) is 0 Å². The molecule has 1 saturated heterocycles. The number of benzene rings is 2. The second-order valence-corrected chi connectivity index (χ2v) is 8.58. The molecule has 0 bridgehead atoms. The van der Waals surface area contributed by atoms with Crippen LogP contribution in [0.3, 0.4) is 0 Å². The first-order chi connectivity index (χ1) is 15.8. The lowest BCUT2D eigenvalue weighted by atomic mass is 10.1. The van der Waals surface area contributed by atoms with E-state index >= 15 is 0 Å². The van der Waals surface area contributed by atoms with Crippen molar-refractivity contribution < 1.29 is 14.3 Å². The van der Waals surface area contributed by atoms with Crippen LogP contribution in [-0.2, 0) is 16.1 Å². The van der Waals surface area contributed by atoms with Gasteiger partial charge in [-0.25, -0.2) is 0 Å². The molecule has 0 radical (unpaired) electrons. The highest BCUT2D eigenvalue weighted by Gasteiger charge is 2.23. The van der Waals surface area contributed by atoms with E-state index < -0.39 is 0 Å². The molecule has 2 heterocycles. The normalized spacial score (nSPS) is 15.5. The maximum atomic E-state index is 12.4. The van der Waals surface area contributed by atoms with Crippen LogP contribution < -0.4 is 10.1 Å². The molecule has 166 valence electrons. The number of carbonyl (C=O) groups is 1. The second kappa shape index (κ2) is 11.6. The first kappa shape index (κ1) is 22.3. The van der Waals surface area contributed by atoms with Crippen LogP contribution in [0.1, 0.15) is 22.0 Å². The number of hydrogen-bond donors (Lipinski definition) is 1. The fourth-order valence-corrected chi connectivity index (χ4v) is 4.48. The Kier molecular flexibility index (Phi) is 8.09. The molecule has 1 aliphatic rings. The molecule has 1 N–H and O–H groups in total. The third-order valence-electron chi connectivity index (χ3n) is 5.38. The lowest BCUT2D eigenvalue weighted by Gasteiger charge is -2.34. The SMILES string of the molecule is O=C(C=Cc1ccc(OCc2ccccc2)cc1)NCC(c1cccs1)N1CCOCC1. The molecule has 0 spiro atoms. The predicted octanol–water partition coefficient (Wildman–Crippen LogP) is 4.53. The molecule has 32 heavy (non-hydrogen) atoms. The predicted molar refractivity (Wildman–Crippen MR) is 129 cm³/mol. The number of amides is 1. The molecule has 3 aromatic rings. The first-order valence-electron chi connectivity index (χ1n) is 10.9. The van der Waals surface area contributed by atoms with E-state index in [2.05, 4.69) is 27.7 Å². The third-order valence-corrected chi connectivity index (χ3v) is 6.36. The van der Waals surface area contributed by atoms with Gasteiger partial charge in [-0.05, 0) is 40.8 Å². The van der Waals surface area contributed by atoms with E-state index in [4.69, 9.17) is 9.47 Å². The van der Waals surface area contributed by atoms with Crippen molar-refractivity contribution in [2.24, 2.45) is 0 Å². The first-order valence-corrected chi connectivity index (χ1v) is 11.7. The Bertz CT molecular complexity index is 982. The fourth-order valence-electron chi connectivity index (χ4n) is 3.62. The zero-order valence-corrected chi connectivity index (χ0v) is 18.8. The zero-order chi connectivity index (χ0) is 22.0. The molecule has 1 amide bonds. The quantitative estimate of drug-likeness (QED) is 0.489. The van der Waals surface area contributed by atoms with Gasteiger partial charge in [-0.1, -0.05) is 48.5 Å². The maximum absolute atomic E-state index is 12.4. The van der Waals surface area contributed by atoms with E-state index in [0.717, 1.165) is 43.2 Å². The van der Waals surface area contributed by atoms with Crippen molar-refractivity contribution in [3.8, 4) is 5.75 Å². The Labute approximate surface area is 193 Å². The summed E-state index contributed by atoms with van der Waals surface area (Å²) in [5.41, 5.74) is 2.08. The van der Waals surface area contributed by atoms with Gasteiger partial charge in [0.2, 0.25) is 5.91 Å². The fraction of sp³-hybridized carbons (Fsp3) is 0.269. The third kappa shape index (κ3) is 6.53. The van der Waals surface area contributed by atoms with E-state index in [1.165, 1.54) is 4.88 Å². The summed E-state index contributed by atoms with van der Waals surface area (Å²) in [5.74, 6) is 0.712. The van der Waals surface area contributed by atoms with Crippen molar-refractivity contribution in [1.29, 1.82) is 0 Å². The van der Waals surface area contributed by atoms with Gasteiger partial charge in [-0.15, -0.1) is 11.3 Å². The van der Waals surface area contributed by atoms with Gasteiger partial charge in [-0.3, -0.25) is 9.69 Å². The lowest BCUT2D eigenvalue weighted by molar-refractivity contribution is -0.116. The van der Waals surface area contributed by atoms with Crippen molar-refractivity contribution in [2.45, 2.75) is 12.6 Å². The van der Waals surface area contributed by atoms with Crippen molar-refractivity contribution in [1.82, 2.24) is 10.2 Å². The van der Waals surface area contributed by atoms with Crippen molar-refractivity contribution in [2.75, 3.05) is 32.8 Å². The minimum Gasteiger partial charge on any atom is -0.489 e. The number of morpholine rings is 1. The van der Waals surface area contributed by atoms with Crippen LogP contribution in [0.15, 0.2) is 78.2 Å². The van der Waals surface area contributed by atoms with Crippen molar-refractivity contribution >= 4 is 23.3 Å². The number of thiophene rings is 1. The van der Waals surface area contributed by atoms with Gasteiger partial charge in [0, 0.05) is 30.6 Å². The Morgan fingerprint density at radius 1 is 1.06 bits per heavy atom. The lowest BCUT2D eigenvalue weighted by Crippen LogP contribution is -2.43. The van der Waals surface area contributed by atoms with E-state index in [9.17, 15) is 4.79 Å². The monoisotopic (exact) mass is 448 g/mol. The van der Waals surface area contributed by atoms with Gasteiger partial charge in [0.25, 0.3) is 0 Å². The topological polar surface area (TPSA) is 50.8 Å².